The van der Waals surface area contributed by atoms with Gasteiger partial charge in [0.15, 0.2) is 6.61 Å². The van der Waals surface area contributed by atoms with Gasteiger partial charge in [-0.25, -0.2) is 9.59 Å². The van der Waals surface area contributed by atoms with E-state index in [1.807, 2.05) is 12.1 Å². The molecule has 0 amide bonds. The van der Waals surface area contributed by atoms with Gasteiger partial charge in [0.05, 0.1) is 24.8 Å². The topological polar surface area (TPSA) is 83.3 Å². The second kappa shape index (κ2) is 8.60. The number of ketones is 1. The maximum atomic E-state index is 13.2. The van der Waals surface area contributed by atoms with E-state index in [1.165, 1.54) is 7.11 Å². The van der Waals surface area contributed by atoms with E-state index in [4.69, 9.17) is 9.47 Å². The molecule has 2 aromatic heterocycles. The largest absolute Gasteiger partial charge is 0.479 e. The lowest BCUT2D eigenvalue weighted by Gasteiger charge is -2.06. The van der Waals surface area contributed by atoms with Gasteiger partial charge in [0, 0.05) is 17.3 Å². The van der Waals surface area contributed by atoms with Crippen LogP contribution in [0.25, 0.3) is 5.52 Å². The Kier molecular flexibility index (Phi) is 5.97. The Morgan fingerprint density at radius 1 is 1.00 bits per heavy atom. The third kappa shape index (κ3) is 3.99. The van der Waals surface area contributed by atoms with E-state index in [9.17, 15) is 14.4 Å². The lowest BCUT2D eigenvalue weighted by molar-refractivity contribution is -0.145. The molecule has 3 rings (SSSR count). The van der Waals surface area contributed by atoms with E-state index in [-0.39, 0.29) is 19.0 Å². The van der Waals surface area contributed by atoms with Crippen molar-refractivity contribution in [2.45, 2.75) is 13.8 Å². The molecule has 3 aromatic rings. The van der Waals surface area contributed by atoms with Crippen LogP contribution in [0.3, 0.4) is 0 Å². The molecule has 0 saturated heterocycles. The van der Waals surface area contributed by atoms with Crippen molar-refractivity contribution in [3.8, 4) is 5.75 Å². The summed E-state index contributed by atoms with van der Waals surface area (Å²) in [5.74, 6) is -0.726. The number of methoxy groups -OCH3 is 1. The fraction of sp³-hybridized carbons (Fsp3) is 0.227. The maximum Gasteiger partial charge on any atom is 0.344 e. The molecule has 0 bridgehead atoms. The van der Waals surface area contributed by atoms with Gasteiger partial charge < -0.3 is 18.6 Å². The number of aromatic nitrogens is 1. The van der Waals surface area contributed by atoms with Crippen molar-refractivity contribution in [3.63, 3.8) is 0 Å². The van der Waals surface area contributed by atoms with Gasteiger partial charge in [0.1, 0.15) is 11.4 Å². The molecule has 0 unspecified atom stereocenters. The fourth-order valence-corrected chi connectivity index (χ4v) is 3.11. The fourth-order valence-electron chi connectivity index (χ4n) is 3.11. The Morgan fingerprint density at radius 3 is 2.34 bits per heavy atom. The molecule has 0 N–H and O–H groups in total. The van der Waals surface area contributed by atoms with Crippen LogP contribution in [-0.2, 0) is 14.3 Å². The molecule has 0 aliphatic heterocycles. The first-order valence-electron chi connectivity index (χ1n) is 9.09. The molecule has 0 atom stereocenters. The van der Waals surface area contributed by atoms with Crippen molar-refractivity contribution in [1.29, 1.82) is 0 Å². The number of esters is 2. The summed E-state index contributed by atoms with van der Waals surface area (Å²) in [7, 11) is 1.30. The minimum atomic E-state index is -0.478. The highest BCUT2D eigenvalue weighted by molar-refractivity contribution is 6.10. The van der Waals surface area contributed by atoms with Crippen molar-refractivity contribution in [1.82, 2.24) is 4.40 Å². The zero-order chi connectivity index (χ0) is 21.0. The smallest absolute Gasteiger partial charge is 0.344 e. The van der Waals surface area contributed by atoms with E-state index < -0.39 is 11.9 Å². The van der Waals surface area contributed by atoms with Gasteiger partial charge in [0.2, 0.25) is 5.78 Å². The average Bonchev–Trinajstić information content (AvgIpc) is 3.02. The highest BCUT2D eigenvalue weighted by atomic mass is 16.6. The third-order valence-corrected chi connectivity index (χ3v) is 4.45. The number of pyridine rings is 1. The van der Waals surface area contributed by atoms with Crippen LogP contribution >= 0.6 is 0 Å². The molecular weight excluding hydrogens is 374 g/mol. The Labute approximate surface area is 167 Å². The summed E-state index contributed by atoms with van der Waals surface area (Å²) in [4.78, 5) is 36.5. The minimum absolute atomic E-state index is 0.230. The van der Waals surface area contributed by atoms with Crippen molar-refractivity contribution in [2.24, 2.45) is 0 Å². The van der Waals surface area contributed by atoms with Crippen LogP contribution < -0.4 is 4.74 Å². The number of fused-ring (bicyclic) bond motifs is 1. The van der Waals surface area contributed by atoms with Crippen LogP contribution in [-0.4, -0.2) is 42.4 Å². The van der Waals surface area contributed by atoms with E-state index in [1.54, 1.807) is 54.8 Å². The molecule has 0 aliphatic rings. The molecule has 0 aliphatic carbocycles. The molecule has 0 spiro atoms. The van der Waals surface area contributed by atoms with Crippen LogP contribution in [0.15, 0.2) is 48.7 Å². The SMILES string of the molecule is CCOC(=O)COc1c(C)c(C(=O)c2ccc(C(=O)OC)cc2)n2ccccc12. The van der Waals surface area contributed by atoms with E-state index in [2.05, 4.69) is 4.74 Å². The number of carbonyl (C=O) groups excluding carboxylic acids is 3. The monoisotopic (exact) mass is 395 g/mol. The molecule has 0 saturated carbocycles. The van der Waals surface area contributed by atoms with Gasteiger partial charge in [-0.15, -0.1) is 0 Å². The summed E-state index contributed by atoms with van der Waals surface area (Å²) < 4.78 is 17.0. The van der Waals surface area contributed by atoms with E-state index in [0.29, 0.717) is 33.7 Å². The zero-order valence-electron chi connectivity index (χ0n) is 16.4. The molecule has 0 radical (unpaired) electrons. The number of hydrogen-bond donors (Lipinski definition) is 0. The summed E-state index contributed by atoms with van der Waals surface area (Å²) in [5, 5.41) is 0. The first kappa shape index (κ1) is 20.1. The molecule has 2 heterocycles. The highest BCUT2D eigenvalue weighted by Gasteiger charge is 2.23. The van der Waals surface area contributed by atoms with Crippen LogP contribution in [0, 0.1) is 6.92 Å². The number of rotatable bonds is 7. The lowest BCUT2D eigenvalue weighted by Crippen LogP contribution is -2.14. The Bertz CT molecular complexity index is 1060. The number of benzene rings is 1. The van der Waals surface area contributed by atoms with Crippen LogP contribution in [0.2, 0.25) is 0 Å². The zero-order valence-corrected chi connectivity index (χ0v) is 16.4. The number of hydrogen-bond acceptors (Lipinski definition) is 6. The second-order valence-electron chi connectivity index (χ2n) is 6.25. The van der Waals surface area contributed by atoms with E-state index >= 15 is 0 Å². The molecule has 150 valence electrons. The lowest BCUT2D eigenvalue weighted by atomic mass is 10.0. The first-order valence-corrected chi connectivity index (χ1v) is 9.09. The first-order chi connectivity index (χ1) is 14.0. The van der Waals surface area contributed by atoms with Gasteiger partial charge in [-0.3, -0.25) is 4.79 Å². The summed E-state index contributed by atoms with van der Waals surface area (Å²) in [6.45, 7) is 3.51. The Hall–Kier alpha value is -3.61. The molecule has 0 fully saturated rings. The van der Waals surface area contributed by atoms with Crippen LogP contribution in [0.4, 0.5) is 0 Å². The average molecular weight is 395 g/mol. The van der Waals surface area contributed by atoms with Gasteiger partial charge >= 0.3 is 11.9 Å². The minimum Gasteiger partial charge on any atom is -0.479 e. The summed E-state index contributed by atoms with van der Waals surface area (Å²) in [6, 6.07) is 11.7. The van der Waals surface area contributed by atoms with Crippen LogP contribution in [0.5, 0.6) is 5.75 Å². The van der Waals surface area contributed by atoms with E-state index in [0.717, 1.165) is 0 Å². The van der Waals surface area contributed by atoms with Crippen LogP contribution in [0.1, 0.15) is 38.9 Å². The number of ether oxygens (including phenoxy) is 3. The number of nitrogens with zero attached hydrogens (tertiary/aromatic N) is 1. The van der Waals surface area contributed by atoms with Gasteiger partial charge in [-0.1, -0.05) is 18.2 Å². The summed E-state index contributed by atoms with van der Waals surface area (Å²) in [5.41, 5.74) is 2.48. The third-order valence-electron chi connectivity index (χ3n) is 4.45. The maximum absolute atomic E-state index is 13.2. The normalized spacial score (nSPS) is 10.6. The summed E-state index contributed by atoms with van der Waals surface area (Å²) in [6.07, 6.45) is 1.76. The van der Waals surface area contributed by atoms with Crippen molar-refractivity contribution >= 4 is 23.2 Å². The summed E-state index contributed by atoms with van der Waals surface area (Å²) >= 11 is 0. The molecule has 29 heavy (non-hydrogen) atoms. The Morgan fingerprint density at radius 2 is 1.69 bits per heavy atom. The van der Waals surface area contributed by atoms with Gasteiger partial charge in [-0.05, 0) is 38.1 Å². The second-order valence-corrected chi connectivity index (χ2v) is 6.25. The van der Waals surface area contributed by atoms with Gasteiger partial charge in [0.25, 0.3) is 0 Å². The van der Waals surface area contributed by atoms with Crippen molar-refractivity contribution in [3.05, 3.63) is 71.0 Å². The van der Waals surface area contributed by atoms with Crippen molar-refractivity contribution in [2.75, 3.05) is 20.3 Å². The highest BCUT2D eigenvalue weighted by Crippen LogP contribution is 2.32. The Balaban J connectivity index is 1.98. The van der Waals surface area contributed by atoms with Gasteiger partial charge in [-0.2, -0.15) is 0 Å². The molecule has 1 aromatic carbocycles. The standard InChI is InChI=1S/C22H21NO6/c1-4-28-18(24)13-29-21-14(2)19(23-12-6-5-7-17(21)23)20(25)15-8-10-16(11-9-15)22(26)27-3/h5-12H,4,13H2,1-3H3. The predicted molar refractivity (Wildman–Crippen MR) is 105 cm³/mol. The predicted octanol–water partition coefficient (Wildman–Crippen LogP) is 3.21. The molecular formula is C22H21NO6. The number of carbonyl (C=O) groups is 3. The molecule has 7 heteroatoms. The quantitative estimate of drug-likeness (QED) is 0.451. The molecule has 7 nitrogen and oxygen atoms in total. The van der Waals surface area contributed by atoms with Crippen molar-refractivity contribution < 1.29 is 28.6 Å².